The van der Waals surface area contributed by atoms with Gasteiger partial charge in [-0.1, -0.05) is 18.2 Å². The molecule has 0 saturated carbocycles. The van der Waals surface area contributed by atoms with Crippen LogP contribution in [0.4, 0.5) is 5.69 Å². The van der Waals surface area contributed by atoms with Crippen molar-refractivity contribution in [1.29, 1.82) is 0 Å². The molecule has 2 heterocycles. The number of rotatable bonds is 7. The Bertz CT molecular complexity index is 1210. The third-order valence-electron chi connectivity index (χ3n) is 5.26. The highest BCUT2D eigenvalue weighted by atomic mass is 32.2. The van der Waals surface area contributed by atoms with E-state index in [0.717, 1.165) is 36.6 Å². The van der Waals surface area contributed by atoms with Crippen LogP contribution in [0.1, 0.15) is 30.4 Å². The van der Waals surface area contributed by atoms with Gasteiger partial charge in [0.1, 0.15) is 4.90 Å². The van der Waals surface area contributed by atoms with Crippen LogP contribution in [0.2, 0.25) is 0 Å². The zero-order valence-corrected chi connectivity index (χ0v) is 20.3. The van der Waals surface area contributed by atoms with Crippen LogP contribution in [0, 0.1) is 13.8 Å². The van der Waals surface area contributed by atoms with Gasteiger partial charge in [0.2, 0.25) is 26.0 Å². The Morgan fingerprint density at radius 3 is 2.38 bits per heavy atom. The average Bonchev–Trinajstić information content (AvgIpc) is 2.75. The van der Waals surface area contributed by atoms with Gasteiger partial charge in [-0.25, -0.2) is 27.0 Å². The molecule has 12 heteroatoms. The third kappa shape index (κ3) is 5.87. The summed E-state index contributed by atoms with van der Waals surface area (Å²) in [5.41, 5.74) is 1.79. The largest absolute Gasteiger partial charge is 0.325 e. The van der Waals surface area contributed by atoms with Crippen LogP contribution < -0.4 is 10.5 Å². The summed E-state index contributed by atoms with van der Waals surface area (Å²) in [6.45, 7) is 4.54. The van der Waals surface area contributed by atoms with E-state index >= 15 is 0 Å². The summed E-state index contributed by atoms with van der Waals surface area (Å²) < 4.78 is 50.2. The number of pyridine rings is 1. The van der Waals surface area contributed by atoms with Crippen molar-refractivity contribution in [2.45, 2.75) is 47.9 Å². The molecule has 1 fully saturated rings. The third-order valence-corrected chi connectivity index (χ3v) is 8.98. The number of piperidine rings is 1. The Kier molecular flexibility index (Phi) is 7.61. The molecule has 1 saturated heterocycles. The number of thioether (sulfide) groups is 1. The standard InChI is InChI=1S/C20H26N4O5S3/c1-14-10-17(31(21,26)27)11-18(15(14)2)23-19(25)13-30-20-7-6-16(12-22-20)32(28,29)24-8-4-3-5-9-24/h6-7,10-12H,3-5,8-9,13H2,1-2H3,(H,23,25)(H2,21,26,27). The number of hydrogen-bond acceptors (Lipinski definition) is 7. The van der Waals surface area contributed by atoms with Gasteiger partial charge in [-0.15, -0.1) is 0 Å². The number of aryl methyl sites for hydroxylation is 1. The first-order valence-corrected chi connectivity index (χ1v) is 14.0. The lowest BCUT2D eigenvalue weighted by Crippen LogP contribution is -2.35. The van der Waals surface area contributed by atoms with Gasteiger partial charge in [0.15, 0.2) is 0 Å². The molecule has 3 N–H and O–H groups in total. The first-order chi connectivity index (χ1) is 15.0. The van der Waals surface area contributed by atoms with E-state index in [0.29, 0.717) is 29.4 Å². The van der Waals surface area contributed by atoms with Gasteiger partial charge in [-0.05, 0) is 62.1 Å². The van der Waals surface area contributed by atoms with Gasteiger partial charge in [0, 0.05) is 25.0 Å². The van der Waals surface area contributed by atoms with E-state index in [1.165, 1.54) is 28.7 Å². The Balaban J connectivity index is 1.64. The molecule has 9 nitrogen and oxygen atoms in total. The molecule has 1 aromatic carbocycles. The molecule has 0 bridgehead atoms. The number of carbonyl (C=O) groups is 1. The molecule has 1 aliphatic rings. The Hall–Kier alpha value is -1.99. The molecular formula is C20H26N4O5S3. The van der Waals surface area contributed by atoms with Gasteiger partial charge >= 0.3 is 0 Å². The van der Waals surface area contributed by atoms with Crippen LogP contribution >= 0.6 is 11.8 Å². The molecule has 0 atom stereocenters. The SMILES string of the molecule is Cc1cc(S(N)(=O)=O)cc(NC(=O)CSc2ccc(S(=O)(=O)N3CCCCC3)cn2)c1C. The van der Waals surface area contributed by atoms with Crippen LogP contribution in [-0.2, 0) is 24.8 Å². The summed E-state index contributed by atoms with van der Waals surface area (Å²) in [6, 6.07) is 5.86. The van der Waals surface area contributed by atoms with Crippen molar-refractivity contribution in [3.8, 4) is 0 Å². The second-order valence-corrected chi connectivity index (χ2v) is 12.1. The van der Waals surface area contributed by atoms with Crippen molar-refractivity contribution in [3.63, 3.8) is 0 Å². The summed E-state index contributed by atoms with van der Waals surface area (Å²) in [5, 5.41) is 8.41. The minimum absolute atomic E-state index is 0.0172. The van der Waals surface area contributed by atoms with E-state index < -0.39 is 20.0 Å². The second kappa shape index (κ2) is 9.87. The van der Waals surface area contributed by atoms with Crippen molar-refractivity contribution in [2.24, 2.45) is 5.14 Å². The number of sulfonamides is 2. The molecular weight excluding hydrogens is 472 g/mol. The lowest BCUT2D eigenvalue weighted by molar-refractivity contribution is -0.113. The number of nitrogens with one attached hydrogen (secondary N) is 1. The number of nitrogens with zero attached hydrogens (tertiary/aromatic N) is 2. The first-order valence-electron chi connectivity index (χ1n) is 10.0. The molecule has 1 amide bonds. The fourth-order valence-electron chi connectivity index (χ4n) is 3.31. The number of amides is 1. The lowest BCUT2D eigenvalue weighted by atomic mass is 10.1. The second-order valence-electron chi connectivity index (χ2n) is 7.59. The predicted molar refractivity (Wildman–Crippen MR) is 123 cm³/mol. The summed E-state index contributed by atoms with van der Waals surface area (Å²) in [6.07, 6.45) is 4.06. The fraction of sp³-hybridized carbons (Fsp3) is 0.400. The molecule has 0 radical (unpaired) electrons. The maximum absolute atomic E-state index is 12.7. The van der Waals surface area contributed by atoms with Crippen LogP contribution in [0.3, 0.4) is 0 Å². The smallest absolute Gasteiger partial charge is 0.244 e. The van der Waals surface area contributed by atoms with E-state index in [-0.39, 0.29) is 21.5 Å². The molecule has 1 aliphatic heterocycles. The van der Waals surface area contributed by atoms with Crippen LogP contribution in [0.5, 0.6) is 0 Å². The number of benzene rings is 1. The minimum atomic E-state index is -3.90. The molecule has 0 aliphatic carbocycles. The van der Waals surface area contributed by atoms with Gasteiger partial charge < -0.3 is 5.32 Å². The van der Waals surface area contributed by atoms with Crippen LogP contribution in [-0.4, -0.2) is 50.9 Å². The quantitative estimate of drug-likeness (QED) is 0.558. The molecule has 1 aromatic heterocycles. The number of hydrogen-bond donors (Lipinski definition) is 2. The molecule has 3 rings (SSSR count). The van der Waals surface area contributed by atoms with Crippen molar-refractivity contribution >= 4 is 43.4 Å². The van der Waals surface area contributed by atoms with E-state index in [4.69, 9.17) is 5.14 Å². The number of primary sulfonamides is 1. The molecule has 32 heavy (non-hydrogen) atoms. The van der Waals surface area contributed by atoms with Crippen molar-refractivity contribution in [2.75, 3.05) is 24.2 Å². The summed E-state index contributed by atoms with van der Waals surface area (Å²) in [5.74, 6) is -0.334. The molecule has 2 aromatic rings. The van der Waals surface area contributed by atoms with Crippen molar-refractivity contribution < 1.29 is 21.6 Å². The number of aromatic nitrogens is 1. The number of anilines is 1. The lowest BCUT2D eigenvalue weighted by Gasteiger charge is -2.25. The van der Waals surface area contributed by atoms with Crippen molar-refractivity contribution in [1.82, 2.24) is 9.29 Å². The van der Waals surface area contributed by atoms with Gasteiger partial charge in [-0.3, -0.25) is 4.79 Å². The molecule has 0 unspecified atom stereocenters. The van der Waals surface area contributed by atoms with Crippen LogP contribution in [0.15, 0.2) is 45.3 Å². The molecule has 0 spiro atoms. The summed E-state index contributed by atoms with van der Waals surface area (Å²) >= 11 is 1.15. The number of carbonyl (C=O) groups excluding carboxylic acids is 1. The highest BCUT2D eigenvalue weighted by molar-refractivity contribution is 7.99. The molecule has 174 valence electrons. The highest BCUT2D eigenvalue weighted by Gasteiger charge is 2.26. The average molecular weight is 499 g/mol. The first kappa shape index (κ1) is 24.6. The summed E-state index contributed by atoms with van der Waals surface area (Å²) in [7, 11) is -7.45. The van der Waals surface area contributed by atoms with Crippen molar-refractivity contribution in [3.05, 3.63) is 41.6 Å². The van der Waals surface area contributed by atoms with E-state index in [1.54, 1.807) is 19.9 Å². The van der Waals surface area contributed by atoms with Gasteiger partial charge in [0.05, 0.1) is 15.7 Å². The Morgan fingerprint density at radius 1 is 1.09 bits per heavy atom. The zero-order chi connectivity index (χ0) is 23.5. The maximum atomic E-state index is 12.7. The van der Waals surface area contributed by atoms with Crippen LogP contribution in [0.25, 0.3) is 0 Å². The topological polar surface area (TPSA) is 140 Å². The zero-order valence-electron chi connectivity index (χ0n) is 17.9. The monoisotopic (exact) mass is 498 g/mol. The van der Waals surface area contributed by atoms with E-state index in [9.17, 15) is 21.6 Å². The normalized spacial score (nSPS) is 15.5. The minimum Gasteiger partial charge on any atom is -0.325 e. The Morgan fingerprint density at radius 2 is 1.78 bits per heavy atom. The maximum Gasteiger partial charge on any atom is 0.244 e. The van der Waals surface area contributed by atoms with Gasteiger partial charge in [-0.2, -0.15) is 4.31 Å². The highest BCUT2D eigenvalue weighted by Crippen LogP contribution is 2.25. The predicted octanol–water partition coefficient (Wildman–Crippen LogP) is 2.25. The van der Waals surface area contributed by atoms with E-state index in [1.807, 2.05) is 0 Å². The summed E-state index contributed by atoms with van der Waals surface area (Å²) in [4.78, 5) is 16.6. The Labute approximate surface area is 192 Å². The fourth-order valence-corrected chi connectivity index (χ4v) is 6.03. The van der Waals surface area contributed by atoms with E-state index in [2.05, 4.69) is 10.3 Å². The number of nitrogens with two attached hydrogens (primary N) is 1. The van der Waals surface area contributed by atoms with Gasteiger partial charge in [0.25, 0.3) is 0 Å².